The normalized spacial score (nSPS) is 10.1. The third kappa shape index (κ3) is 1.57. The Morgan fingerprint density at radius 1 is 1.10 bits per heavy atom. The van der Waals surface area contributed by atoms with Crippen LogP contribution in [0.25, 0.3) is 16.6 Å². The molecule has 0 aliphatic heterocycles. The second-order valence-corrected chi connectivity index (χ2v) is 4.11. The monoisotopic (exact) mass is 260 g/mol. The van der Waals surface area contributed by atoms with Crippen molar-refractivity contribution in [1.82, 2.24) is 14.5 Å². The third-order valence-electron chi connectivity index (χ3n) is 3.00. The summed E-state index contributed by atoms with van der Waals surface area (Å²) >= 11 is 0. The van der Waals surface area contributed by atoms with Gasteiger partial charge >= 0.3 is 0 Å². The van der Waals surface area contributed by atoms with Gasteiger partial charge in [-0.2, -0.15) is 10.5 Å². The van der Waals surface area contributed by atoms with E-state index in [1.807, 2.05) is 36.4 Å². The Morgan fingerprint density at radius 2 is 1.90 bits per heavy atom. The second kappa shape index (κ2) is 4.38. The fraction of sp³-hybridized carbons (Fsp3) is 0. The van der Waals surface area contributed by atoms with Gasteiger partial charge in [0.2, 0.25) is 0 Å². The van der Waals surface area contributed by atoms with Crippen molar-refractivity contribution in [2.75, 3.05) is 5.73 Å². The number of pyridine rings is 1. The van der Waals surface area contributed by atoms with Crippen LogP contribution in [0, 0.1) is 22.7 Å². The first-order valence-corrected chi connectivity index (χ1v) is 5.77. The number of hydrogen-bond donors (Lipinski definition) is 1. The molecule has 0 saturated heterocycles. The molecule has 20 heavy (non-hydrogen) atoms. The van der Waals surface area contributed by atoms with Crippen LogP contribution in [-0.2, 0) is 0 Å². The number of aromatic nitrogens is 3. The van der Waals surface area contributed by atoms with Crippen molar-refractivity contribution < 1.29 is 0 Å². The number of hydrogen-bond acceptors (Lipinski definition) is 5. The number of benzene rings is 1. The van der Waals surface area contributed by atoms with Gasteiger partial charge in [-0.15, -0.1) is 0 Å². The van der Waals surface area contributed by atoms with Crippen molar-refractivity contribution in [1.29, 1.82) is 10.5 Å². The SMILES string of the molecule is N#Cc1ncn(-c2c(N)cnc3ccccc23)c1C#N. The van der Waals surface area contributed by atoms with Crippen molar-refractivity contribution >= 4 is 16.6 Å². The molecule has 1 aromatic carbocycles. The molecule has 0 amide bonds. The highest BCUT2D eigenvalue weighted by molar-refractivity contribution is 5.92. The fourth-order valence-electron chi connectivity index (χ4n) is 2.12. The van der Waals surface area contributed by atoms with Crippen molar-refractivity contribution in [3.8, 4) is 17.8 Å². The molecule has 0 unspecified atom stereocenters. The van der Waals surface area contributed by atoms with Crippen LogP contribution < -0.4 is 5.73 Å². The van der Waals surface area contributed by atoms with E-state index in [1.54, 1.807) is 0 Å². The molecule has 0 aliphatic carbocycles. The molecule has 0 spiro atoms. The minimum absolute atomic E-state index is 0.0767. The standard InChI is InChI=1S/C14H8N6/c15-5-12-13(6-16)20(8-19-12)14-9-3-1-2-4-11(9)18-7-10(14)17/h1-4,7-8H,17H2. The first kappa shape index (κ1) is 11.7. The topological polar surface area (TPSA) is 104 Å². The highest BCUT2D eigenvalue weighted by atomic mass is 15.1. The molecule has 0 bridgehead atoms. The first-order chi connectivity index (χ1) is 9.76. The number of para-hydroxylation sites is 1. The van der Waals surface area contributed by atoms with Crippen LogP contribution in [-0.4, -0.2) is 14.5 Å². The van der Waals surface area contributed by atoms with Crippen LogP contribution in [0.4, 0.5) is 5.69 Å². The maximum absolute atomic E-state index is 9.23. The maximum atomic E-state index is 9.23. The van der Waals surface area contributed by atoms with E-state index in [0.717, 1.165) is 10.9 Å². The molecule has 2 aromatic heterocycles. The number of nitrogens with zero attached hydrogens (tertiary/aromatic N) is 5. The zero-order valence-corrected chi connectivity index (χ0v) is 10.3. The number of nitrogens with two attached hydrogens (primary N) is 1. The lowest BCUT2D eigenvalue weighted by Gasteiger charge is -2.10. The number of imidazole rings is 1. The molecule has 6 nitrogen and oxygen atoms in total. The lowest BCUT2D eigenvalue weighted by Crippen LogP contribution is -2.03. The van der Waals surface area contributed by atoms with E-state index in [0.29, 0.717) is 11.4 Å². The summed E-state index contributed by atoms with van der Waals surface area (Å²) in [6.07, 6.45) is 2.96. The molecule has 3 aromatic rings. The Bertz CT molecular complexity index is 894. The summed E-state index contributed by atoms with van der Waals surface area (Å²) in [5, 5.41) is 19.0. The Balaban J connectivity index is 2.42. The summed E-state index contributed by atoms with van der Waals surface area (Å²) in [5.41, 5.74) is 8.02. The average molecular weight is 260 g/mol. The predicted octanol–water partition coefficient (Wildman–Crippen LogP) is 1.75. The zero-order valence-electron chi connectivity index (χ0n) is 10.3. The minimum atomic E-state index is 0.0767. The molecular weight excluding hydrogens is 252 g/mol. The average Bonchev–Trinajstić information content (AvgIpc) is 2.89. The quantitative estimate of drug-likeness (QED) is 0.717. The highest BCUT2D eigenvalue weighted by Crippen LogP contribution is 2.27. The number of anilines is 1. The molecule has 0 radical (unpaired) electrons. The predicted molar refractivity (Wildman–Crippen MR) is 72.7 cm³/mol. The number of nitrogen functional groups attached to an aromatic ring is 1. The largest absolute Gasteiger partial charge is 0.396 e. The molecule has 94 valence electrons. The van der Waals surface area contributed by atoms with E-state index in [4.69, 9.17) is 11.0 Å². The molecule has 2 N–H and O–H groups in total. The van der Waals surface area contributed by atoms with Crippen molar-refractivity contribution in [2.24, 2.45) is 0 Å². The molecule has 0 atom stereocenters. The van der Waals surface area contributed by atoms with Crippen LogP contribution in [0.15, 0.2) is 36.8 Å². The summed E-state index contributed by atoms with van der Waals surface area (Å²) < 4.78 is 1.53. The van der Waals surface area contributed by atoms with Gasteiger partial charge in [-0.05, 0) is 6.07 Å². The summed E-state index contributed by atoms with van der Waals surface area (Å²) in [4.78, 5) is 8.18. The number of fused-ring (bicyclic) bond motifs is 1. The van der Waals surface area contributed by atoms with Crippen molar-refractivity contribution in [2.45, 2.75) is 0 Å². The van der Waals surface area contributed by atoms with Gasteiger partial charge in [-0.1, -0.05) is 18.2 Å². The second-order valence-electron chi connectivity index (χ2n) is 4.11. The van der Waals surface area contributed by atoms with Gasteiger partial charge in [0, 0.05) is 5.39 Å². The van der Waals surface area contributed by atoms with Gasteiger partial charge in [-0.25, -0.2) is 4.98 Å². The Hall–Kier alpha value is -3.38. The third-order valence-corrected chi connectivity index (χ3v) is 3.00. The van der Waals surface area contributed by atoms with Gasteiger partial charge in [0.1, 0.15) is 18.5 Å². The Morgan fingerprint density at radius 3 is 2.65 bits per heavy atom. The van der Waals surface area contributed by atoms with Gasteiger partial charge in [0.05, 0.1) is 23.1 Å². The van der Waals surface area contributed by atoms with Crippen molar-refractivity contribution in [3.63, 3.8) is 0 Å². The molecule has 0 saturated carbocycles. The summed E-state index contributed by atoms with van der Waals surface area (Å²) in [7, 11) is 0. The summed E-state index contributed by atoms with van der Waals surface area (Å²) in [6, 6.07) is 11.3. The van der Waals surface area contributed by atoms with E-state index in [2.05, 4.69) is 9.97 Å². The maximum Gasteiger partial charge on any atom is 0.177 e. The zero-order chi connectivity index (χ0) is 14.1. The Kier molecular flexibility index (Phi) is 2.56. The van der Waals surface area contributed by atoms with Crippen LogP contribution in [0.1, 0.15) is 11.4 Å². The molecule has 0 aliphatic rings. The van der Waals surface area contributed by atoms with Gasteiger partial charge < -0.3 is 5.73 Å². The Labute approximate surface area is 114 Å². The van der Waals surface area contributed by atoms with Crippen molar-refractivity contribution in [3.05, 3.63) is 48.2 Å². The lowest BCUT2D eigenvalue weighted by molar-refractivity contribution is 1.04. The van der Waals surface area contributed by atoms with E-state index in [9.17, 15) is 5.26 Å². The highest BCUT2D eigenvalue weighted by Gasteiger charge is 2.16. The van der Waals surface area contributed by atoms with Crippen LogP contribution in [0.3, 0.4) is 0 Å². The molecule has 0 fully saturated rings. The van der Waals surface area contributed by atoms with Gasteiger partial charge in [0.15, 0.2) is 11.4 Å². The summed E-state index contributed by atoms with van der Waals surface area (Å²) in [5.74, 6) is 0. The van der Waals surface area contributed by atoms with E-state index in [-0.39, 0.29) is 11.4 Å². The molecule has 2 heterocycles. The smallest absolute Gasteiger partial charge is 0.177 e. The van der Waals surface area contributed by atoms with Crippen LogP contribution >= 0.6 is 0 Å². The van der Waals surface area contributed by atoms with E-state index in [1.165, 1.54) is 17.1 Å². The minimum Gasteiger partial charge on any atom is -0.396 e. The summed E-state index contributed by atoms with van der Waals surface area (Å²) in [6.45, 7) is 0. The molecule has 3 rings (SSSR count). The molecular formula is C14H8N6. The fourth-order valence-corrected chi connectivity index (χ4v) is 2.12. The van der Waals surface area contributed by atoms with Gasteiger partial charge in [0.25, 0.3) is 0 Å². The first-order valence-electron chi connectivity index (χ1n) is 5.77. The lowest BCUT2D eigenvalue weighted by atomic mass is 10.1. The number of rotatable bonds is 1. The van der Waals surface area contributed by atoms with Gasteiger partial charge in [-0.3, -0.25) is 9.55 Å². The van der Waals surface area contributed by atoms with E-state index < -0.39 is 0 Å². The molecule has 6 heteroatoms. The van der Waals surface area contributed by atoms with Crippen LogP contribution in [0.5, 0.6) is 0 Å². The van der Waals surface area contributed by atoms with Crippen LogP contribution in [0.2, 0.25) is 0 Å². The number of nitriles is 2. The van der Waals surface area contributed by atoms with E-state index >= 15 is 0 Å².